The van der Waals surface area contributed by atoms with Crippen LogP contribution in [0, 0.1) is 5.92 Å². The monoisotopic (exact) mass is 448 g/mol. The molecule has 1 saturated heterocycles. The van der Waals surface area contributed by atoms with Crippen LogP contribution in [0.1, 0.15) is 11.1 Å². The average Bonchev–Trinajstić information content (AvgIpc) is 2.88. The van der Waals surface area contributed by atoms with Gasteiger partial charge in [0.1, 0.15) is 5.92 Å². The molecule has 1 heterocycles. The number of urea groups is 1. The molecular formula is C29H24N2O3. The number of rotatable bonds is 6. The number of benzene rings is 4. The Labute approximate surface area is 198 Å². The van der Waals surface area contributed by atoms with Crippen molar-refractivity contribution in [1.82, 2.24) is 4.90 Å². The first-order valence-electron chi connectivity index (χ1n) is 11.4. The van der Waals surface area contributed by atoms with Crippen molar-refractivity contribution >= 4 is 34.3 Å². The van der Waals surface area contributed by atoms with E-state index in [1.807, 2.05) is 78.9 Å². The number of imide groups is 2. The zero-order valence-corrected chi connectivity index (χ0v) is 18.6. The van der Waals surface area contributed by atoms with Crippen LogP contribution < -0.4 is 4.90 Å². The fourth-order valence-corrected chi connectivity index (χ4v) is 4.44. The Balaban J connectivity index is 1.47. The fourth-order valence-electron chi connectivity index (χ4n) is 4.44. The Morgan fingerprint density at radius 1 is 0.618 bits per heavy atom. The molecule has 0 saturated carbocycles. The summed E-state index contributed by atoms with van der Waals surface area (Å²) in [6, 6.07) is 31.9. The third-order valence-electron chi connectivity index (χ3n) is 6.24. The number of hydrogen-bond acceptors (Lipinski definition) is 3. The number of nitrogens with zero attached hydrogens (tertiary/aromatic N) is 2. The van der Waals surface area contributed by atoms with Crippen LogP contribution >= 0.6 is 0 Å². The van der Waals surface area contributed by atoms with E-state index in [9.17, 15) is 14.4 Å². The van der Waals surface area contributed by atoms with Crippen molar-refractivity contribution in [3.8, 4) is 0 Å². The summed E-state index contributed by atoms with van der Waals surface area (Å²) in [5, 5.41) is 2.14. The van der Waals surface area contributed by atoms with Crippen LogP contribution in [0.2, 0.25) is 0 Å². The Hall–Kier alpha value is -4.25. The van der Waals surface area contributed by atoms with Gasteiger partial charge in [-0.3, -0.25) is 14.5 Å². The topological polar surface area (TPSA) is 57.7 Å². The Morgan fingerprint density at radius 2 is 1.26 bits per heavy atom. The van der Waals surface area contributed by atoms with Crippen molar-refractivity contribution in [2.45, 2.75) is 12.8 Å². The summed E-state index contributed by atoms with van der Waals surface area (Å²) in [4.78, 5) is 42.7. The van der Waals surface area contributed by atoms with Gasteiger partial charge in [0.25, 0.3) is 0 Å². The smallest absolute Gasteiger partial charge is 0.273 e. The van der Waals surface area contributed by atoms with E-state index in [-0.39, 0.29) is 13.0 Å². The molecule has 1 atom stereocenters. The predicted octanol–water partition coefficient (Wildman–Crippen LogP) is 5.24. The predicted molar refractivity (Wildman–Crippen MR) is 132 cm³/mol. The first-order chi connectivity index (χ1) is 16.6. The summed E-state index contributed by atoms with van der Waals surface area (Å²) in [5.74, 6) is -1.88. The molecule has 0 spiro atoms. The number of carbonyl (C=O) groups is 3. The van der Waals surface area contributed by atoms with Crippen molar-refractivity contribution in [2.75, 3.05) is 11.4 Å². The fraction of sp³-hybridized carbons (Fsp3) is 0.138. The number of hydrogen-bond donors (Lipinski definition) is 0. The maximum atomic E-state index is 13.5. The molecule has 1 aliphatic heterocycles. The van der Waals surface area contributed by atoms with Crippen molar-refractivity contribution in [2.24, 2.45) is 5.92 Å². The highest BCUT2D eigenvalue weighted by molar-refractivity contribution is 6.27. The summed E-state index contributed by atoms with van der Waals surface area (Å²) < 4.78 is 0. The minimum absolute atomic E-state index is 0.215. The lowest BCUT2D eigenvalue weighted by Gasteiger charge is -2.37. The van der Waals surface area contributed by atoms with E-state index in [0.717, 1.165) is 26.8 Å². The van der Waals surface area contributed by atoms with Gasteiger partial charge < -0.3 is 0 Å². The molecule has 0 bridgehead atoms. The van der Waals surface area contributed by atoms with Crippen molar-refractivity contribution in [1.29, 1.82) is 0 Å². The van der Waals surface area contributed by atoms with Crippen molar-refractivity contribution in [3.05, 3.63) is 114 Å². The quantitative estimate of drug-likeness (QED) is 0.379. The molecule has 0 radical (unpaired) electrons. The highest BCUT2D eigenvalue weighted by Crippen LogP contribution is 2.28. The minimum atomic E-state index is -0.963. The third kappa shape index (κ3) is 4.20. The number of para-hydroxylation sites is 1. The van der Waals surface area contributed by atoms with Gasteiger partial charge in [-0.05, 0) is 46.9 Å². The van der Waals surface area contributed by atoms with E-state index in [1.165, 1.54) is 4.90 Å². The standard InChI is InChI=1S/C29H24N2O3/c32-27-26(20-22-15-16-23-11-7-8-12-24(23)19-22)28(33)31(25-13-5-2-6-14-25)29(34)30(27)18-17-21-9-3-1-4-10-21/h1-16,19,26H,17-18,20H2. The van der Waals surface area contributed by atoms with Crippen LogP contribution in [0.15, 0.2) is 103 Å². The van der Waals surface area contributed by atoms with Gasteiger partial charge in [-0.15, -0.1) is 0 Å². The van der Waals surface area contributed by atoms with Crippen LogP contribution in [-0.4, -0.2) is 29.3 Å². The Bertz CT molecular complexity index is 1350. The lowest BCUT2D eigenvalue weighted by Crippen LogP contribution is -2.60. The molecule has 1 fully saturated rings. The Kier molecular flexibility index (Phi) is 5.91. The molecule has 0 N–H and O–H groups in total. The molecule has 34 heavy (non-hydrogen) atoms. The largest absolute Gasteiger partial charge is 0.338 e. The van der Waals surface area contributed by atoms with E-state index >= 15 is 0 Å². The summed E-state index contributed by atoms with van der Waals surface area (Å²) >= 11 is 0. The second-order valence-electron chi connectivity index (χ2n) is 8.46. The molecule has 168 valence electrons. The molecule has 1 aliphatic rings. The highest BCUT2D eigenvalue weighted by atomic mass is 16.2. The summed E-state index contributed by atoms with van der Waals surface area (Å²) in [5.41, 5.74) is 2.38. The zero-order chi connectivity index (χ0) is 23.5. The molecule has 4 amide bonds. The number of carbonyl (C=O) groups excluding carboxylic acids is 3. The zero-order valence-electron chi connectivity index (χ0n) is 18.6. The molecule has 4 aromatic carbocycles. The summed E-state index contributed by atoms with van der Waals surface area (Å²) in [6.45, 7) is 0.215. The molecule has 0 aliphatic carbocycles. The Morgan fingerprint density at radius 3 is 2.00 bits per heavy atom. The van der Waals surface area contributed by atoms with Gasteiger partial charge in [0.05, 0.1) is 5.69 Å². The van der Waals surface area contributed by atoms with E-state index < -0.39 is 23.8 Å². The van der Waals surface area contributed by atoms with Crippen LogP contribution in [0.25, 0.3) is 10.8 Å². The SMILES string of the molecule is O=C1C(Cc2ccc3ccccc3c2)C(=O)N(c2ccccc2)C(=O)N1CCc1ccccc1. The van der Waals surface area contributed by atoms with Gasteiger partial charge in [0.2, 0.25) is 11.8 Å². The molecule has 5 nitrogen and oxygen atoms in total. The summed E-state index contributed by atoms with van der Waals surface area (Å²) in [7, 11) is 0. The molecule has 5 heteroatoms. The van der Waals surface area contributed by atoms with E-state index in [2.05, 4.69) is 0 Å². The van der Waals surface area contributed by atoms with Gasteiger partial charge in [0.15, 0.2) is 0 Å². The van der Waals surface area contributed by atoms with Crippen molar-refractivity contribution < 1.29 is 14.4 Å². The van der Waals surface area contributed by atoms with Crippen LogP contribution in [0.4, 0.5) is 10.5 Å². The number of amides is 4. The van der Waals surface area contributed by atoms with Gasteiger partial charge in [-0.25, -0.2) is 9.69 Å². The maximum Gasteiger partial charge on any atom is 0.338 e. The van der Waals surface area contributed by atoms with Gasteiger partial charge in [-0.2, -0.15) is 0 Å². The second-order valence-corrected chi connectivity index (χ2v) is 8.46. The van der Waals surface area contributed by atoms with Crippen molar-refractivity contribution in [3.63, 3.8) is 0 Å². The third-order valence-corrected chi connectivity index (χ3v) is 6.24. The van der Waals surface area contributed by atoms with Gasteiger partial charge in [0, 0.05) is 6.54 Å². The van der Waals surface area contributed by atoms with Gasteiger partial charge in [-0.1, -0.05) is 91.0 Å². The van der Waals surface area contributed by atoms with E-state index in [4.69, 9.17) is 0 Å². The first-order valence-corrected chi connectivity index (χ1v) is 11.4. The summed E-state index contributed by atoms with van der Waals surface area (Å²) in [6.07, 6.45) is 0.763. The van der Waals surface area contributed by atoms with E-state index in [0.29, 0.717) is 12.1 Å². The maximum absolute atomic E-state index is 13.5. The van der Waals surface area contributed by atoms with Crippen LogP contribution in [-0.2, 0) is 22.4 Å². The lowest BCUT2D eigenvalue weighted by molar-refractivity contribution is -0.140. The molecular weight excluding hydrogens is 424 g/mol. The number of barbiturate groups is 1. The number of anilines is 1. The normalized spacial score (nSPS) is 16.4. The average molecular weight is 449 g/mol. The first kappa shape index (κ1) is 21.6. The molecule has 4 aromatic rings. The van der Waals surface area contributed by atoms with Crippen LogP contribution in [0.3, 0.4) is 0 Å². The molecule has 5 rings (SSSR count). The van der Waals surface area contributed by atoms with Gasteiger partial charge >= 0.3 is 6.03 Å². The van der Waals surface area contributed by atoms with Crippen LogP contribution in [0.5, 0.6) is 0 Å². The highest BCUT2D eigenvalue weighted by Gasteiger charge is 2.46. The number of fused-ring (bicyclic) bond motifs is 1. The molecule has 0 aromatic heterocycles. The minimum Gasteiger partial charge on any atom is -0.273 e. The molecule has 1 unspecified atom stereocenters. The second kappa shape index (κ2) is 9.32. The lowest BCUT2D eigenvalue weighted by atomic mass is 9.93. The van der Waals surface area contributed by atoms with E-state index in [1.54, 1.807) is 24.3 Å².